The molecule has 2 N–H and O–H groups in total. The van der Waals surface area contributed by atoms with E-state index in [1.807, 2.05) is 31.2 Å². The molecule has 0 saturated carbocycles. The van der Waals surface area contributed by atoms with Crippen molar-refractivity contribution in [2.24, 2.45) is 0 Å². The van der Waals surface area contributed by atoms with Crippen molar-refractivity contribution in [1.29, 1.82) is 5.26 Å². The van der Waals surface area contributed by atoms with Gasteiger partial charge in [-0.1, -0.05) is 25.1 Å². The van der Waals surface area contributed by atoms with Crippen molar-refractivity contribution in [2.75, 3.05) is 18.5 Å². The van der Waals surface area contributed by atoms with Crippen molar-refractivity contribution in [3.8, 4) is 11.8 Å². The number of anilines is 1. The van der Waals surface area contributed by atoms with Gasteiger partial charge in [-0.25, -0.2) is 4.79 Å². The van der Waals surface area contributed by atoms with Gasteiger partial charge in [0.2, 0.25) is 5.91 Å². The molecule has 0 aliphatic carbocycles. The van der Waals surface area contributed by atoms with Crippen LogP contribution in [0.1, 0.15) is 34.9 Å². The number of nitrogens with one attached hydrogen (secondary N) is 1. The Kier molecular flexibility index (Phi) is 6.52. The summed E-state index contributed by atoms with van der Waals surface area (Å²) in [5.41, 5.74) is 2.04. The number of para-hydroxylation sites is 1. The molecule has 1 aromatic carbocycles. The highest BCUT2D eigenvalue weighted by atomic mass is 32.1. The molecule has 29 heavy (non-hydrogen) atoms. The van der Waals surface area contributed by atoms with E-state index in [4.69, 9.17) is 4.74 Å². The average molecular weight is 411 g/mol. The first-order valence-electron chi connectivity index (χ1n) is 9.26. The van der Waals surface area contributed by atoms with Crippen LogP contribution in [0.5, 0.6) is 5.75 Å². The number of benzene rings is 1. The number of thiophene rings is 1. The van der Waals surface area contributed by atoms with Gasteiger partial charge < -0.3 is 20.1 Å². The summed E-state index contributed by atoms with van der Waals surface area (Å²) in [5.74, 6) is 0.344. The number of amides is 2. The Morgan fingerprint density at radius 3 is 2.93 bits per heavy atom. The summed E-state index contributed by atoms with van der Waals surface area (Å²) >= 11 is 1.25. The van der Waals surface area contributed by atoms with Crippen molar-refractivity contribution in [1.82, 2.24) is 4.90 Å². The normalized spacial score (nSPS) is 13.0. The van der Waals surface area contributed by atoms with Gasteiger partial charge >= 0.3 is 6.09 Å². The smallest absolute Gasteiger partial charge is 0.407 e. The lowest BCUT2D eigenvalue weighted by molar-refractivity contribution is -0.111. The number of hydrogen-bond acceptors (Lipinski definition) is 5. The third-order valence-corrected chi connectivity index (χ3v) is 5.60. The Morgan fingerprint density at radius 1 is 1.41 bits per heavy atom. The molecule has 0 spiro atoms. The van der Waals surface area contributed by atoms with E-state index in [0.717, 1.165) is 22.4 Å². The first-order valence-corrected chi connectivity index (χ1v) is 10.1. The lowest BCUT2D eigenvalue weighted by Gasteiger charge is -2.23. The molecule has 2 amide bonds. The minimum Gasteiger partial charge on any atom is -0.493 e. The molecule has 150 valence electrons. The second kappa shape index (κ2) is 9.26. The monoisotopic (exact) mass is 411 g/mol. The van der Waals surface area contributed by atoms with Gasteiger partial charge in [-0.15, -0.1) is 11.3 Å². The van der Waals surface area contributed by atoms with Crippen LogP contribution in [0.4, 0.5) is 9.80 Å². The third kappa shape index (κ3) is 4.76. The van der Waals surface area contributed by atoms with Crippen molar-refractivity contribution in [2.45, 2.75) is 26.3 Å². The fourth-order valence-electron chi connectivity index (χ4n) is 3.05. The zero-order valence-electron chi connectivity index (χ0n) is 16.0. The maximum absolute atomic E-state index is 12.4. The van der Waals surface area contributed by atoms with Gasteiger partial charge in [0, 0.05) is 23.1 Å². The van der Waals surface area contributed by atoms with E-state index in [-0.39, 0.29) is 12.5 Å². The van der Waals surface area contributed by atoms with E-state index in [9.17, 15) is 20.0 Å². The van der Waals surface area contributed by atoms with Gasteiger partial charge in [0.05, 0.1) is 18.7 Å². The number of carbonyl (C=O) groups is 2. The summed E-state index contributed by atoms with van der Waals surface area (Å²) < 4.78 is 5.68. The lowest BCUT2D eigenvalue weighted by Crippen LogP contribution is -2.34. The van der Waals surface area contributed by atoms with Crippen LogP contribution in [0.2, 0.25) is 0 Å². The summed E-state index contributed by atoms with van der Waals surface area (Å²) in [7, 11) is 0. The Bertz CT molecular complexity index is 990. The van der Waals surface area contributed by atoms with E-state index in [1.165, 1.54) is 22.3 Å². The fraction of sp³-hybridized carbons (Fsp3) is 0.286. The summed E-state index contributed by atoms with van der Waals surface area (Å²) in [6.07, 6.45) is 3.44. The first-order chi connectivity index (χ1) is 14.0. The maximum atomic E-state index is 12.4. The molecule has 2 heterocycles. The Balaban J connectivity index is 1.74. The highest BCUT2D eigenvalue weighted by Gasteiger charge is 2.27. The molecule has 0 fully saturated rings. The zero-order valence-corrected chi connectivity index (χ0v) is 16.8. The minimum absolute atomic E-state index is 0.234. The molecule has 2 aromatic rings. The van der Waals surface area contributed by atoms with E-state index in [1.54, 1.807) is 6.08 Å². The third-order valence-electron chi connectivity index (χ3n) is 4.47. The SMILES string of the molecule is CCCOc1ccccc1C=CC(=O)Nc1sc2c(c1C#N)CCN(C(=O)O)C2. The van der Waals surface area contributed by atoms with Gasteiger partial charge in [0.1, 0.15) is 16.8 Å². The molecular formula is C21H21N3O4S. The number of nitriles is 1. The largest absolute Gasteiger partial charge is 0.493 e. The van der Waals surface area contributed by atoms with E-state index >= 15 is 0 Å². The molecule has 1 aromatic heterocycles. The van der Waals surface area contributed by atoms with Crippen LogP contribution < -0.4 is 10.1 Å². The molecule has 1 aliphatic heterocycles. The van der Waals surface area contributed by atoms with E-state index < -0.39 is 6.09 Å². The van der Waals surface area contributed by atoms with Crippen LogP contribution in [0.3, 0.4) is 0 Å². The van der Waals surface area contributed by atoms with Crippen molar-refractivity contribution in [3.63, 3.8) is 0 Å². The predicted molar refractivity (Wildman–Crippen MR) is 111 cm³/mol. The molecule has 0 radical (unpaired) electrons. The van der Waals surface area contributed by atoms with Crippen molar-refractivity contribution >= 4 is 34.4 Å². The fourth-order valence-corrected chi connectivity index (χ4v) is 4.27. The highest BCUT2D eigenvalue weighted by Crippen LogP contribution is 2.36. The average Bonchev–Trinajstić information content (AvgIpc) is 3.07. The highest BCUT2D eigenvalue weighted by molar-refractivity contribution is 7.16. The number of carboxylic acid groups (broad SMARTS) is 1. The van der Waals surface area contributed by atoms with Crippen LogP contribution >= 0.6 is 11.3 Å². The number of rotatable bonds is 6. The number of hydrogen-bond donors (Lipinski definition) is 2. The van der Waals surface area contributed by atoms with Crippen molar-refractivity contribution in [3.05, 3.63) is 51.9 Å². The number of fused-ring (bicyclic) bond motifs is 1. The summed E-state index contributed by atoms with van der Waals surface area (Å²) in [6.45, 7) is 3.19. The van der Waals surface area contributed by atoms with Crippen LogP contribution in [-0.4, -0.2) is 35.2 Å². The molecule has 7 nitrogen and oxygen atoms in total. The predicted octanol–water partition coefficient (Wildman–Crippen LogP) is 4.10. The molecule has 8 heteroatoms. The summed E-state index contributed by atoms with van der Waals surface area (Å²) in [5, 5.41) is 21.9. The summed E-state index contributed by atoms with van der Waals surface area (Å²) in [6, 6.07) is 9.60. The van der Waals surface area contributed by atoms with Gasteiger partial charge in [0.15, 0.2) is 0 Å². The lowest BCUT2D eigenvalue weighted by atomic mass is 10.0. The van der Waals surface area contributed by atoms with Crippen LogP contribution in [-0.2, 0) is 17.8 Å². The van der Waals surface area contributed by atoms with Crippen LogP contribution in [0.15, 0.2) is 30.3 Å². The zero-order chi connectivity index (χ0) is 20.8. The molecule has 0 saturated heterocycles. The van der Waals surface area contributed by atoms with E-state index in [0.29, 0.717) is 35.9 Å². The maximum Gasteiger partial charge on any atom is 0.407 e. The summed E-state index contributed by atoms with van der Waals surface area (Å²) in [4.78, 5) is 25.7. The molecule has 3 rings (SSSR count). The Morgan fingerprint density at radius 2 is 2.21 bits per heavy atom. The van der Waals surface area contributed by atoms with Crippen molar-refractivity contribution < 1.29 is 19.4 Å². The van der Waals surface area contributed by atoms with Gasteiger partial charge in [0.25, 0.3) is 0 Å². The molecule has 0 bridgehead atoms. The van der Waals surface area contributed by atoms with Crippen LogP contribution in [0, 0.1) is 11.3 Å². The number of carbonyl (C=O) groups excluding carboxylic acids is 1. The topological polar surface area (TPSA) is 103 Å². The van der Waals surface area contributed by atoms with E-state index in [2.05, 4.69) is 11.4 Å². The second-order valence-corrected chi connectivity index (χ2v) is 7.59. The molecular weight excluding hydrogens is 390 g/mol. The first kappa shape index (κ1) is 20.4. The quantitative estimate of drug-likeness (QED) is 0.697. The standard InChI is InChI=1S/C21H21N3O4S/c1-2-11-28-17-6-4-3-5-14(17)7-8-19(25)23-20-16(12-22)15-9-10-24(21(26)27)13-18(15)29-20/h3-8H,2,9-11,13H2,1H3,(H,23,25)(H,26,27). The van der Waals surface area contributed by atoms with Crippen LogP contribution in [0.25, 0.3) is 6.08 Å². The number of ether oxygens (including phenoxy) is 1. The second-order valence-electron chi connectivity index (χ2n) is 6.48. The Labute approximate surface area is 172 Å². The van der Waals surface area contributed by atoms with Gasteiger partial charge in [-0.05, 0) is 30.5 Å². The molecule has 0 atom stereocenters. The minimum atomic E-state index is -0.986. The Hall–Kier alpha value is -3.31. The molecule has 1 aliphatic rings. The number of nitrogens with zero attached hydrogens (tertiary/aromatic N) is 2. The van der Waals surface area contributed by atoms with Gasteiger partial charge in [-0.2, -0.15) is 5.26 Å². The van der Waals surface area contributed by atoms with Gasteiger partial charge in [-0.3, -0.25) is 4.79 Å². The molecule has 0 unspecified atom stereocenters.